The number of methoxy groups -OCH3 is 1. The van der Waals surface area contributed by atoms with Crippen LogP contribution < -0.4 is 9.64 Å². The van der Waals surface area contributed by atoms with Crippen LogP contribution in [0.5, 0.6) is 5.75 Å². The summed E-state index contributed by atoms with van der Waals surface area (Å²) < 4.78 is 56.6. The zero-order valence-corrected chi connectivity index (χ0v) is 17.0. The number of benzene rings is 2. The van der Waals surface area contributed by atoms with Crippen molar-refractivity contribution in [2.45, 2.75) is 18.7 Å². The number of aliphatic hydroxyl groups excluding tert-OH is 1. The first-order valence-corrected chi connectivity index (χ1v) is 9.60. The summed E-state index contributed by atoms with van der Waals surface area (Å²) in [6.45, 7) is 0.0304. The Morgan fingerprint density at radius 3 is 2.44 bits per heavy atom. The summed E-state index contributed by atoms with van der Waals surface area (Å²) in [4.78, 5) is 18.2. The van der Waals surface area contributed by atoms with Crippen molar-refractivity contribution in [2.24, 2.45) is 0 Å². The van der Waals surface area contributed by atoms with Gasteiger partial charge in [0.15, 0.2) is 6.10 Å². The van der Waals surface area contributed by atoms with Gasteiger partial charge in [0.25, 0.3) is 5.91 Å². The fraction of sp³-hybridized carbons (Fsp3) is 0.217. The number of ether oxygens (including phenoxy) is 1. The van der Waals surface area contributed by atoms with Gasteiger partial charge in [-0.05, 0) is 42.0 Å². The number of hydrogen-bond acceptors (Lipinski definition) is 4. The molecule has 0 aliphatic heterocycles. The summed E-state index contributed by atoms with van der Waals surface area (Å²) in [7, 11) is 1.46. The Morgan fingerprint density at radius 1 is 1.12 bits per heavy atom. The molecular weight excluding hydrogens is 428 g/mol. The van der Waals surface area contributed by atoms with Crippen LogP contribution in [0.3, 0.4) is 0 Å². The lowest BCUT2D eigenvalue weighted by Gasteiger charge is -2.26. The van der Waals surface area contributed by atoms with E-state index >= 15 is 0 Å². The molecular formula is C23H20F4N2O3. The Labute approximate surface area is 181 Å². The van der Waals surface area contributed by atoms with Gasteiger partial charge in [0.2, 0.25) is 0 Å². The van der Waals surface area contributed by atoms with Crippen molar-refractivity contribution >= 4 is 11.6 Å². The molecule has 0 aliphatic rings. The number of anilines is 1. The van der Waals surface area contributed by atoms with Crippen LogP contribution in [0.4, 0.5) is 23.2 Å². The third-order valence-electron chi connectivity index (χ3n) is 4.79. The standard InChI is InChI=1S/C23H20F4N2O3/c1-32-20-4-2-3-19(13-20)29(22(31)21(30)15-5-8-17(24)9-6-15)12-11-18-10-7-16(14-28-18)23(25,26)27/h2-10,13-14,21,30H,11-12H2,1H3. The topological polar surface area (TPSA) is 62.7 Å². The highest BCUT2D eigenvalue weighted by Crippen LogP contribution is 2.29. The van der Waals surface area contributed by atoms with Gasteiger partial charge in [-0.15, -0.1) is 0 Å². The molecule has 0 bridgehead atoms. The highest BCUT2D eigenvalue weighted by atomic mass is 19.4. The summed E-state index contributed by atoms with van der Waals surface area (Å²) in [6, 6.07) is 13.6. The molecule has 0 saturated heterocycles. The molecule has 3 aromatic rings. The minimum atomic E-state index is -4.49. The molecule has 3 rings (SSSR count). The quantitative estimate of drug-likeness (QED) is 0.539. The van der Waals surface area contributed by atoms with Gasteiger partial charge in [-0.2, -0.15) is 13.2 Å². The first-order valence-electron chi connectivity index (χ1n) is 9.60. The molecule has 1 atom stereocenters. The average molecular weight is 448 g/mol. The number of aromatic nitrogens is 1. The van der Waals surface area contributed by atoms with Crippen LogP contribution in [-0.2, 0) is 17.4 Å². The second-order valence-electron chi connectivity index (χ2n) is 6.93. The van der Waals surface area contributed by atoms with Gasteiger partial charge in [-0.25, -0.2) is 4.39 Å². The number of hydrogen-bond donors (Lipinski definition) is 1. The van der Waals surface area contributed by atoms with E-state index in [1.54, 1.807) is 24.3 Å². The summed E-state index contributed by atoms with van der Waals surface area (Å²) in [6.07, 6.45) is -5.19. The first-order chi connectivity index (χ1) is 15.2. The molecule has 1 heterocycles. The van der Waals surface area contributed by atoms with Crippen molar-refractivity contribution in [1.82, 2.24) is 4.98 Å². The Morgan fingerprint density at radius 2 is 1.84 bits per heavy atom. The van der Waals surface area contributed by atoms with Crippen molar-refractivity contribution in [3.63, 3.8) is 0 Å². The monoisotopic (exact) mass is 448 g/mol. The second-order valence-corrected chi connectivity index (χ2v) is 6.93. The zero-order chi connectivity index (χ0) is 23.3. The molecule has 0 spiro atoms. The number of amides is 1. The van der Waals surface area contributed by atoms with E-state index in [1.165, 1.54) is 30.2 Å². The number of carbonyl (C=O) groups excluding carboxylic acids is 1. The van der Waals surface area contributed by atoms with Crippen molar-refractivity contribution in [2.75, 3.05) is 18.6 Å². The summed E-state index contributed by atoms with van der Waals surface area (Å²) in [5.41, 5.74) is 0.100. The normalized spacial score (nSPS) is 12.3. The maximum Gasteiger partial charge on any atom is 0.417 e. The Bertz CT molecular complexity index is 1050. The summed E-state index contributed by atoms with van der Waals surface area (Å²) in [5, 5.41) is 10.6. The van der Waals surface area contributed by atoms with Crippen LogP contribution in [0.1, 0.15) is 22.9 Å². The van der Waals surface area contributed by atoms with Crippen LogP contribution in [0, 0.1) is 5.82 Å². The maximum atomic E-state index is 13.2. The predicted octanol–water partition coefficient (Wildman–Crippen LogP) is 4.56. The minimum Gasteiger partial charge on any atom is -0.497 e. The number of aliphatic hydroxyl groups is 1. The molecule has 1 aromatic heterocycles. The van der Waals surface area contributed by atoms with E-state index < -0.39 is 29.6 Å². The smallest absolute Gasteiger partial charge is 0.417 e. The zero-order valence-electron chi connectivity index (χ0n) is 17.0. The number of rotatable bonds is 7. The van der Waals surface area contributed by atoms with Gasteiger partial charge >= 0.3 is 6.18 Å². The predicted molar refractivity (Wildman–Crippen MR) is 110 cm³/mol. The van der Waals surface area contributed by atoms with E-state index in [-0.39, 0.29) is 18.5 Å². The maximum absolute atomic E-state index is 13.2. The van der Waals surface area contributed by atoms with Crippen LogP contribution in [0.15, 0.2) is 66.9 Å². The molecule has 0 fully saturated rings. The molecule has 0 radical (unpaired) electrons. The van der Waals surface area contributed by atoms with Crippen LogP contribution in [0.2, 0.25) is 0 Å². The van der Waals surface area contributed by atoms with E-state index in [9.17, 15) is 27.5 Å². The Hall–Kier alpha value is -3.46. The van der Waals surface area contributed by atoms with Crippen molar-refractivity contribution in [1.29, 1.82) is 0 Å². The summed E-state index contributed by atoms with van der Waals surface area (Å²) in [5.74, 6) is -0.715. The molecule has 2 aromatic carbocycles. The molecule has 168 valence electrons. The van der Waals surface area contributed by atoms with Crippen molar-refractivity contribution in [3.05, 3.63) is 89.5 Å². The van der Waals surface area contributed by atoms with Crippen LogP contribution in [0.25, 0.3) is 0 Å². The lowest BCUT2D eigenvalue weighted by atomic mass is 10.1. The van der Waals surface area contributed by atoms with Crippen LogP contribution in [-0.4, -0.2) is 29.7 Å². The van der Waals surface area contributed by atoms with E-state index in [0.29, 0.717) is 17.1 Å². The lowest BCUT2D eigenvalue weighted by Crippen LogP contribution is -2.37. The van der Waals surface area contributed by atoms with Gasteiger partial charge in [-0.1, -0.05) is 18.2 Å². The first kappa shape index (κ1) is 23.2. The van der Waals surface area contributed by atoms with Gasteiger partial charge in [0.05, 0.1) is 12.7 Å². The molecule has 1 N–H and O–H groups in total. The molecule has 1 unspecified atom stereocenters. The van der Waals surface area contributed by atoms with Crippen molar-refractivity contribution in [3.8, 4) is 5.75 Å². The fourth-order valence-corrected chi connectivity index (χ4v) is 3.05. The molecule has 0 saturated carbocycles. The SMILES string of the molecule is COc1cccc(N(CCc2ccc(C(F)(F)F)cn2)C(=O)C(O)c2ccc(F)cc2)c1. The molecule has 5 nitrogen and oxygen atoms in total. The van der Waals surface area contributed by atoms with Gasteiger partial charge in [0, 0.05) is 36.6 Å². The third-order valence-corrected chi connectivity index (χ3v) is 4.79. The second kappa shape index (κ2) is 9.78. The molecule has 1 amide bonds. The van der Waals surface area contributed by atoms with Crippen LogP contribution >= 0.6 is 0 Å². The Kier molecular flexibility index (Phi) is 7.09. The fourth-order valence-electron chi connectivity index (χ4n) is 3.05. The Balaban J connectivity index is 1.85. The number of carbonyl (C=O) groups is 1. The minimum absolute atomic E-state index is 0.0304. The number of alkyl halides is 3. The van der Waals surface area contributed by atoms with E-state index in [0.717, 1.165) is 24.4 Å². The van der Waals surface area contributed by atoms with E-state index in [4.69, 9.17) is 4.74 Å². The highest BCUT2D eigenvalue weighted by molar-refractivity contribution is 5.97. The largest absolute Gasteiger partial charge is 0.497 e. The third kappa shape index (κ3) is 5.61. The average Bonchev–Trinajstić information content (AvgIpc) is 2.79. The number of nitrogens with zero attached hydrogens (tertiary/aromatic N) is 2. The highest BCUT2D eigenvalue weighted by Gasteiger charge is 2.31. The number of pyridine rings is 1. The van der Waals surface area contributed by atoms with Crippen molar-refractivity contribution < 1.29 is 32.2 Å². The van der Waals surface area contributed by atoms with E-state index in [1.807, 2.05) is 0 Å². The summed E-state index contributed by atoms with van der Waals surface area (Å²) >= 11 is 0. The molecule has 0 aliphatic carbocycles. The molecule has 32 heavy (non-hydrogen) atoms. The van der Waals surface area contributed by atoms with E-state index in [2.05, 4.69) is 4.98 Å². The lowest BCUT2D eigenvalue weighted by molar-refractivity contribution is -0.137. The van der Waals surface area contributed by atoms with Gasteiger partial charge < -0.3 is 14.7 Å². The van der Waals surface area contributed by atoms with Gasteiger partial charge in [-0.3, -0.25) is 9.78 Å². The number of halogens is 4. The molecule has 9 heteroatoms. The van der Waals surface area contributed by atoms with Gasteiger partial charge in [0.1, 0.15) is 11.6 Å².